The maximum Gasteiger partial charge on any atom is 0.141 e. The lowest BCUT2D eigenvalue weighted by Gasteiger charge is -2.21. The summed E-state index contributed by atoms with van der Waals surface area (Å²) in [7, 11) is 0. The molecule has 0 amide bonds. The van der Waals surface area contributed by atoms with Gasteiger partial charge in [-0.2, -0.15) is 0 Å². The summed E-state index contributed by atoms with van der Waals surface area (Å²) in [5.74, 6) is 1.62. The van der Waals surface area contributed by atoms with Gasteiger partial charge in [0, 0.05) is 38.3 Å². The van der Waals surface area contributed by atoms with Gasteiger partial charge in [0.15, 0.2) is 0 Å². The van der Waals surface area contributed by atoms with Crippen LogP contribution in [-0.2, 0) is 13.0 Å². The van der Waals surface area contributed by atoms with E-state index in [-0.39, 0.29) is 0 Å². The molecule has 4 rings (SSSR count). The van der Waals surface area contributed by atoms with Crippen LogP contribution < -0.4 is 10.6 Å². The number of hydrogen-bond acceptors (Lipinski definition) is 5. The first-order valence-electron chi connectivity index (χ1n) is 13.0. The highest BCUT2D eigenvalue weighted by molar-refractivity contribution is 7.12. The maximum absolute atomic E-state index is 6.24. The molecule has 0 aliphatic carbocycles. The fourth-order valence-corrected chi connectivity index (χ4v) is 5.25. The van der Waals surface area contributed by atoms with E-state index in [4.69, 9.17) is 10.7 Å². The molecule has 0 spiro atoms. The molecule has 2 aromatic heterocycles. The number of thiophene rings is 1. The second kappa shape index (κ2) is 12.2. The van der Waals surface area contributed by atoms with Gasteiger partial charge in [-0.05, 0) is 74.3 Å². The lowest BCUT2D eigenvalue weighted by Crippen LogP contribution is -2.27. The van der Waals surface area contributed by atoms with Gasteiger partial charge in [-0.3, -0.25) is 0 Å². The molecule has 2 N–H and O–H groups in total. The number of rotatable bonds is 12. The number of anilines is 1. The van der Waals surface area contributed by atoms with Gasteiger partial charge in [-0.25, -0.2) is 9.98 Å². The van der Waals surface area contributed by atoms with Crippen molar-refractivity contribution in [3.8, 4) is 0 Å². The van der Waals surface area contributed by atoms with Crippen LogP contribution in [0.3, 0.4) is 0 Å². The Morgan fingerprint density at radius 3 is 2.36 bits per heavy atom. The molecular weight excluding hydrogens is 464 g/mol. The van der Waals surface area contributed by atoms with Crippen molar-refractivity contribution in [3.63, 3.8) is 0 Å². The minimum Gasteiger partial charge on any atom is -0.383 e. The minimum atomic E-state index is 0.541. The summed E-state index contributed by atoms with van der Waals surface area (Å²) >= 11 is 1.60. The molecule has 4 aromatic rings. The SMILES string of the molecule is CCN(CC)CCn1c(Cc2ccc(N(CC)CC)cc2)nc2cc(N=C(N)c3cccs3)ccc21. The number of hydrogen-bond donors (Lipinski definition) is 1. The van der Waals surface area contributed by atoms with E-state index in [1.807, 2.05) is 23.6 Å². The number of likely N-dealkylation sites (N-methyl/N-ethyl adjacent to an activating group) is 1. The number of benzene rings is 2. The Kier molecular flexibility index (Phi) is 8.78. The van der Waals surface area contributed by atoms with Crippen LogP contribution in [0.5, 0.6) is 0 Å². The molecule has 0 aliphatic heterocycles. The van der Waals surface area contributed by atoms with Crippen molar-refractivity contribution >= 4 is 39.6 Å². The highest BCUT2D eigenvalue weighted by Crippen LogP contribution is 2.25. The zero-order valence-electron chi connectivity index (χ0n) is 21.9. The molecule has 6 nitrogen and oxygen atoms in total. The number of amidine groups is 1. The van der Waals surface area contributed by atoms with Crippen LogP contribution in [0.15, 0.2) is 65.0 Å². The fraction of sp³-hybridized carbons (Fsp3) is 0.379. The lowest BCUT2D eigenvalue weighted by atomic mass is 10.1. The monoisotopic (exact) mass is 502 g/mol. The van der Waals surface area contributed by atoms with Crippen molar-refractivity contribution in [2.45, 2.75) is 40.7 Å². The van der Waals surface area contributed by atoms with Crippen LogP contribution in [0.4, 0.5) is 11.4 Å². The first kappa shape index (κ1) is 25.9. The van der Waals surface area contributed by atoms with Gasteiger partial charge < -0.3 is 20.1 Å². The molecule has 2 heterocycles. The summed E-state index contributed by atoms with van der Waals surface area (Å²) in [6.07, 6.45) is 0.793. The third kappa shape index (κ3) is 5.97. The molecular formula is C29H38N6S. The predicted molar refractivity (Wildman–Crippen MR) is 155 cm³/mol. The van der Waals surface area contributed by atoms with Crippen molar-refractivity contribution in [3.05, 3.63) is 76.2 Å². The first-order valence-corrected chi connectivity index (χ1v) is 13.9. The summed E-state index contributed by atoms with van der Waals surface area (Å²) in [5, 5.41) is 2.01. The van der Waals surface area contributed by atoms with E-state index < -0.39 is 0 Å². The first-order chi connectivity index (χ1) is 17.6. The molecule has 2 aromatic carbocycles. The van der Waals surface area contributed by atoms with Gasteiger partial charge in [-0.15, -0.1) is 11.3 Å². The van der Waals surface area contributed by atoms with Crippen molar-refractivity contribution < 1.29 is 0 Å². The van der Waals surface area contributed by atoms with Gasteiger partial charge in [0.2, 0.25) is 0 Å². The van der Waals surface area contributed by atoms with Crippen LogP contribution in [0.1, 0.15) is 44.0 Å². The molecule has 0 saturated heterocycles. The Morgan fingerprint density at radius 1 is 0.972 bits per heavy atom. The Labute approximate surface area is 219 Å². The Bertz CT molecular complexity index is 1270. The Balaban J connectivity index is 1.66. The summed E-state index contributed by atoms with van der Waals surface area (Å²) < 4.78 is 2.38. The summed E-state index contributed by atoms with van der Waals surface area (Å²) in [4.78, 5) is 15.5. The van der Waals surface area contributed by atoms with E-state index in [0.29, 0.717) is 5.84 Å². The number of nitrogens with zero attached hydrogens (tertiary/aromatic N) is 5. The van der Waals surface area contributed by atoms with Gasteiger partial charge in [-0.1, -0.05) is 32.0 Å². The normalized spacial score (nSPS) is 12.1. The molecule has 0 aliphatic rings. The van der Waals surface area contributed by atoms with Crippen LogP contribution in [0.25, 0.3) is 11.0 Å². The van der Waals surface area contributed by atoms with Gasteiger partial charge in [0.25, 0.3) is 0 Å². The van der Waals surface area contributed by atoms with Crippen LogP contribution in [0.2, 0.25) is 0 Å². The molecule has 0 saturated carbocycles. The second-order valence-corrected chi connectivity index (χ2v) is 9.82. The number of aromatic nitrogens is 2. The highest BCUT2D eigenvalue weighted by Gasteiger charge is 2.14. The van der Waals surface area contributed by atoms with Crippen molar-refractivity contribution in [1.29, 1.82) is 0 Å². The minimum absolute atomic E-state index is 0.541. The second-order valence-electron chi connectivity index (χ2n) is 8.87. The molecule has 7 heteroatoms. The summed E-state index contributed by atoms with van der Waals surface area (Å²) in [6, 6.07) is 19.1. The highest BCUT2D eigenvalue weighted by atomic mass is 32.1. The van der Waals surface area contributed by atoms with Crippen LogP contribution >= 0.6 is 11.3 Å². The van der Waals surface area contributed by atoms with E-state index in [1.54, 1.807) is 11.3 Å². The van der Waals surface area contributed by atoms with E-state index in [2.05, 4.69) is 83.5 Å². The van der Waals surface area contributed by atoms with Crippen molar-refractivity contribution in [2.24, 2.45) is 10.7 Å². The molecule has 0 atom stereocenters. The van der Waals surface area contributed by atoms with E-state index in [9.17, 15) is 0 Å². The molecule has 190 valence electrons. The average molecular weight is 503 g/mol. The molecule has 36 heavy (non-hydrogen) atoms. The van der Waals surface area contributed by atoms with Crippen molar-refractivity contribution in [2.75, 3.05) is 37.6 Å². The van der Waals surface area contributed by atoms with Crippen LogP contribution in [-0.4, -0.2) is 53.0 Å². The number of fused-ring (bicyclic) bond motifs is 1. The van der Waals surface area contributed by atoms with E-state index >= 15 is 0 Å². The third-order valence-corrected chi connectivity index (χ3v) is 7.69. The standard InChI is InChI=1S/C29H38N6S/c1-5-33(6-2)17-18-35-26-16-13-23(31-29(30)27-10-9-19-36-27)21-25(26)32-28(35)20-22-11-14-24(15-12-22)34(7-3)8-4/h9-16,19,21H,5-8,17-18,20H2,1-4H3,(H2,30,31). The lowest BCUT2D eigenvalue weighted by molar-refractivity contribution is 0.291. The number of nitrogens with two attached hydrogens (primary N) is 1. The maximum atomic E-state index is 6.24. The Morgan fingerprint density at radius 2 is 1.72 bits per heavy atom. The van der Waals surface area contributed by atoms with Gasteiger partial charge in [0.05, 0.1) is 21.6 Å². The zero-order chi connectivity index (χ0) is 25.5. The summed E-state index contributed by atoms with van der Waals surface area (Å²) in [6.45, 7) is 14.9. The predicted octanol–water partition coefficient (Wildman–Crippen LogP) is 5.91. The largest absolute Gasteiger partial charge is 0.383 e. The average Bonchev–Trinajstić information content (AvgIpc) is 3.55. The van der Waals surface area contributed by atoms with Gasteiger partial charge >= 0.3 is 0 Å². The number of aliphatic imine (C=N–C) groups is 1. The van der Waals surface area contributed by atoms with Crippen molar-refractivity contribution in [1.82, 2.24) is 14.5 Å². The quantitative estimate of drug-likeness (QED) is 0.193. The molecule has 0 bridgehead atoms. The molecule has 0 fully saturated rings. The third-order valence-electron chi connectivity index (χ3n) is 6.80. The zero-order valence-corrected chi connectivity index (χ0v) is 22.8. The smallest absolute Gasteiger partial charge is 0.141 e. The topological polar surface area (TPSA) is 62.7 Å². The van der Waals surface area contributed by atoms with Gasteiger partial charge in [0.1, 0.15) is 11.7 Å². The van der Waals surface area contributed by atoms with E-state index in [1.165, 1.54) is 11.3 Å². The fourth-order valence-electron chi connectivity index (χ4n) is 4.62. The number of imidazole rings is 1. The molecule has 0 unspecified atom stereocenters. The van der Waals surface area contributed by atoms with E-state index in [0.717, 1.165) is 73.1 Å². The van der Waals surface area contributed by atoms with Crippen LogP contribution in [0, 0.1) is 0 Å². The Hall–Kier alpha value is -3.16. The summed E-state index contributed by atoms with van der Waals surface area (Å²) in [5.41, 5.74) is 11.7. The molecule has 0 radical (unpaired) electrons.